The Morgan fingerprint density at radius 1 is 1.67 bits per heavy atom. The van der Waals surface area contributed by atoms with Crippen LogP contribution in [0.2, 0.25) is 0 Å². The molecular weight excluding hydrogens is 196 g/mol. The van der Waals surface area contributed by atoms with Crippen LogP contribution in [0.1, 0.15) is 0 Å². The van der Waals surface area contributed by atoms with Gasteiger partial charge in [0.25, 0.3) is 0 Å². The van der Waals surface area contributed by atoms with Gasteiger partial charge >= 0.3 is 0 Å². The summed E-state index contributed by atoms with van der Waals surface area (Å²) in [7, 11) is 0. The number of nitrogens with zero attached hydrogens (tertiary/aromatic N) is 3. The number of aromatic nitrogens is 3. The van der Waals surface area contributed by atoms with Gasteiger partial charge in [0, 0.05) is 0 Å². The van der Waals surface area contributed by atoms with E-state index in [1.807, 2.05) is 0 Å². The summed E-state index contributed by atoms with van der Waals surface area (Å²) in [6.07, 6.45) is 0. The van der Waals surface area contributed by atoms with Gasteiger partial charge in [-0.3, -0.25) is 5.41 Å². The predicted octanol–water partition coefficient (Wildman–Crippen LogP) is -0.691. The van der Waals surface area contributed by atoms with Crippen molar-refractivity contribution in [2.24, 2.45) is 5.73 Å². The molecule has 1 aromatic rings. The number of thioether (sulfide) groups is 1. The highest BCUT2D eigenvalue weighted by Gasteiger charge is 2.06. The van der Waals surface area contributed by atoms with Crippen LogP contribution < -0.4 is 11.6 Å². The second-order valence-corrected chi connectivity index (χ2v) is 3.31. The van der Waals surface area contributed by atoms with Crippen LogP contribution in [0.15, 0.2) is 10.3 Å². The van der Waals surface area contributed by atoms with E-state index in [1.54, 1.807) is 0 Å². The third-order valence-corrected chi connectivity index (χ3v) is 2.30. The highest BCUT2D eigenvalue weighted by molar-refractivity contribution is 7.99. The summed E-state index contributed by atoms with van der Waals surface area (Å²) in [5.74, 6) is 5.90. The highest BCUT2D eigenvalue weighted by Crippen LogP contribution is 2.14. The maximum atomic E-state index is 6.96. The number of amidine groups is 1. The van der Waals surface area contributed by atoms with Gasteiger partial charge in [0.2, 0.25) is 10.3 Å². The van der Waals surface area contributed by atoms with Crippen molar-refractivity contribution in [1.82, 2.24) is 14.9 Å². The molecule has 6 nitrogen and oxygen atoms in total. The number of hydrogen-bond acceptors (Lipinski definition) is 6. The molecule has 0 saturated heterocycles. The van der Waals surface area contributed by atoms with Gasteiger partial charge in [-0.05, 0) is 0 Å². The minimum absolute atomic E-state index is 0.0729. The van der Waals surface area contributed by atoms with Crippen LogP contribution in [0.25, 0.3) is 0 Å². The van der Waals surface area contributed by atoms with E-state index >= 15 is 0 Å². The molecule has 0 radical (unpaired) electrons. The van der Waals surface area contributed by atoms with Crippen LogP contribution in [0.3, 0.4) is 0 Å². The smallest absolute Gasteiger partial charge is 0.210 e. The van der Waals surface area contributed by atoms with Crippen LogP contribution >= 0.6 is 24.4 Å². The first-order valence-corrected chi connectivity index (χ1v) is 4.39. The van der Waals surface area contributed by atoms with Gasteiger partial charge in [-0.2, -0.15) is 0 Å². The maximum Gasteiger partial charge on any atom is 0.210 e. The average Bonchev–Trinajstić information content (AvgIpc) is 2.30. The predicted molar refractivity (Wildman–Crippen MR) is 50.1 cm³/mol. The fourth-order valence-corrected chi connectivity index (χ4v) is 1.33. The number of nitrogens with one attached hydrogen (secondary N) is 1. The van der Waals surface area contributed by atoms with Crippen molar-refractivity contribution < 1.29 is 0 Å². The van der Waals surface area contributed by atoms with Crippen LogP contribution in [0.4, 0.5) is 0 Å². The molecule has 0 spiro atoms. The average molecular weight is 204 g/mol. The molecule has 0 aromatic carbocycles. The molecule has 1 aromatic heterocycles. The van der Waals surface area contributed by atoms with Gasteiger partial charge in [0.15, 0.2) is 0 Å². The second kappa shape index (κ2) is 3.68. The van der Waals surface area contributed by atoms with Gasteiger partial charge in [-0.15, -0.1) is 22.8 Å². The molecule has 66 valence electrons. The lowest BCUT2D eigenvalue weighted by molar-refractivity contribution is 0.785. The topological polar surface area (TPSA) is 107 Å². The Labute approximate surface area is 78.6 Å². The van der Waals surface area contributed by atoms with Crippen molar-refractivity contribution in [3.8, 4) is 0 Å². The summed E-state index contributed by atoms with van der Waals surface area (Å²) in [6, 6.07) is 0. The van der Waals surface area contributed by atoms with Crippen molar-refractivity contribution in [3.05, 3.63) is 0 Å². The molecule has 0 amide bonds. The molecule has 1 rings (SSSR count). The van der Waals surface area contributed by atoms with Crippen molar-refractivity contribution in [3.63, 3.8) is 0 Å². The lowest BCUT2D eigenvalue weighted by Gasteiger charge is -1.98. The molecule has 0 aliphatic rings. The molecule has 0 atom stereocenters. The molecule has 5 N–H and O–H groups in total. The van der Waals surface area contributed by atoms with Gasteiger partial charge in [0.1, 0.15) is 5.84 Å². The van der Waals surface area contributed by atoms with E-state index in [4.69, 9.17) is 17.0 Å². The van der Waals surface area contributed by atoms with E-state index in [0.29, 0.717) is 16.1 Å². The molecule has 0 fully saturated rings. The van der Waals surface area contributed by atoms with Crippen LogP contribution in [0.5, 0.6) is 0 Å². The van der Waals surface area contributed by atoms with E-state index < -0.39 is 0 Å². The molecule has 8 heteroatoms. The Bertz CT molecular complexity index is 294. The number of rotatable bonds is 3. The SMILES string of the molecule is N=C(N)CSc1nnc(S)n1N. The Balaban J connectivity index is 2.63. The molecule has 12 heavy (non-hydrogen) atoms. The van der Waals surface area contributed by atoms with Crippen molar-refractivity contribution in [1.29, 1.82) is 5.41 Å². The van der Waals surface area contributed by atoms with E-state index in [-0.39, 0.29) is 5.84 Å². The molecule has 0 aliphatic carbocycles. The first-order chi connectivity index (χ1) is 5.61. The summed E-state index contributed by atoms with van der Waals surface area (Å²) in [5, 5.41) is 15.1. The highest BCUT2D eigenvalue weighted by atomic mass is 32.2. The van der Waals surface area contributed by atoms with Crippen molar-refractivity contribution >= 4 is 30.2 Å². The second-order valence-electron chi connectivity index (χ2n) is 1.97. The molecule has 0 unspecified atom stereocenters. The van der Waals surface area contributed by atoms with Gasteiger partial charge in [0.05, 0.1) is 5.75 Å². The van der Waals surface area contributed by atoms with Crippen molar-refractivity contribution in [2.75, 3.05) is 11.6 Å². The number of hydrogen-bond donors (Lipinski definition) is 4. The van der Waals surface area contributed by atoms with E-state index in [0.717, 1.165) is 0 Å². The molecule has 0 saturated carbocycles. The fourth-order valence-electron chi connectivity index (χ4n) is 0.510. The van der Waals surface area contributed by atoms with E-state index in [9.17, 15) is 0 Å². The van der Waals surface area contributed by atoms with Crippen LogP contribution in [0, 0.1) is 5.41 Å². The molecular formula is C4H8N6S2. The zero-order chi connectivity index (χ0) is 9.14. The Hall–Kier alpha value is -0.890. The van der Waals surface area contributed by atoms with Crippen molar-refractivity contribution in [2.45, 2.75) is 10.3 Å². The number of thiol groups is 1. The summed E-state index contributed by atoms with van der Waals surface area (Å²) in [5.41, 5.74) is 5.14. The zero-order valence-electron chi connectivity index (χ0n) is 6.06. The van der Waals surface area contributed by atoms with E-state index in [1.165, 1.54) is 16.4 Å². The van der Waals surface area contributed by atoms with Gasteiger partial charge in [-0.1, -0.05) is 11.8 Å². The summed E-state index contributed by atoms with van der Waals surface area (Å²) in [6.45, 7) is 0. The van der Waals surface area contributed by atoms with Crippen LogP contribution in [-0.2, 0) is 0 Å². The largest absolute Gasteiger partial charge is 0.387 e. The van der Waals surface area contributed by atoms with E-state index in [2.05, 4.69) is 22.8 Å². The monoisotopic (exact) mass is 204 g/mol. The number of nitrogen functional groups attached to an aromatic ring is 1. The minimum atomic E-state index is 0.0729. The standard InChI is InChI=1S/C4H8N6S2/c5-2(6)1-12-4-9-8-3(11)10(4)7/h1,7H2,(H3,5,6)(H,8,11). The third kappa shape index (κ3) is 2.05. The van der Waals surface area contributed by atoms with Gasteiger partial charge in [-0.25, -0.2) is 4.68 Å². The molecule has 1 heterocycles. The Kier molecular flexibility index (Phi) is 2.82. The first-order valence-electron chi connectivity index (χ1n) is 2.96. The fraction of sp³-hybridized carbons (Fsp3) is 0.250. The Morgan fingerprint density at radius 2 is 2.33 bits per heavy atom. The quantitative estimate of drug-likeness (QED) is 0.171. The normalized spacial score (nSPS) is 10.1. The summed E-state index contributed by atoms with van der Waals surface area (Å²) < 4.78 is 1.23. The first kappa shape index (κ1) is 9.20. The zero-order valence-corrected chi connectivity index (χ0v) is 7.77. The molecule has 0 aliphatic heterocycles. The van der Waals surface area contributed by atoms with Gasteiger partial charge < -0.3 is 11.6 Å². The lowest BCUT2D eigenvalue weighted by atomic mass is 10.7. The molecule has 0 bridgehead atoms. The lowest BCUT2D eigenvalue weighted by Crippen LogP contribution is -2.15. The van der Waals surface area contributed by atoms with Crippen LogP contribution in [-0.4, -0.2) is 26.5 Å². The summed E-state index contributed by atoms with van der Waals surface area (Å²) >= 11 is 5.17. The third-order valence-electron chi connectivity index (χ3n) is 1.00. The Morgan fingerprint density at radius 3 is 2.75 bits per heavy atom. The summed E-state index contributed by atoms with van der Waals surface area (Å²) in [4.78, 5) is 0. The minimum Gasteiger partial charge on any atom is -0.387 e. The maximum absolute atomic E-state index is 6.96. The number of nitrogens with two attached hydrogens (primary N) is 2.